The first-order valence-electron chi connectivity index (χ1n) is 6.06. The molecule has 1 rings (SSSR count). The smallest absolute Gasteiger partial charge is 0.119 e. The molecule has 0 aromatic heterocycles. The lowest BCUT2D eigenvalue weighted by Crippen LogP contribution is -2.13. The van der Waals surface area contributed by atoms with Gasteiger partial charge in [0.25, 0.3) is 0 Å². The Morgan fingerprint density at radius 1 is 1.25 bits per heavy atom. The molecule has 1 heteroatoms. The summed E-state index contributed by atoms with van der Waals surface area (Å²) in [5, 5.41) is 0. The molecule has 0 bridgehead atoms. The highest BCUT2D eigenvalue weighted by Crippen LogP contribution is 2.25. The molecule has 1 nitrogen and oxygen atoms in total. The van der Waals surface area contributed by atoms with E-state index in [0.717, 1.165) is 24.7 Å². The van der Waals surface area contributed by atoms with E-state index in [1.165, 1.54) is 6.42 Å². The van der Waals surface area contributed by atoms with Crippen molar-refractivity contribution in [1.29, 1.82) is 0 Å². The number of rotatable bonds is 5. The van der Waals surface area contributed by atoms with E-state index in [0.29, 0.717) is 5.41 Å². The van der Waals surface area contributed by atoms with Crippen LogP contribution in [0.3, 0.4) is 0 Å². The Kier molecular flexibility index (Phi) is 4.85. The second kappa shape index (κ2) is 5.93. The molecule has 16 heavy (non-hydrogen) atoms. The predicted octanol–water partition coefficient (Wildman–Crippen LogP) is 4.33. The van der Waals surface area contributed by atoms with Gasteiger partial charge in [0, 0.05) is 0 Å². The van der Waals surface area contributed by atoms with Crippen LogP contribution in [0.25, 0.3) is 0 Å². The molecule has 0 heterocycles. The first kappa shape index (κ1) is 13.1. The Labute approximate surface area is 99.8 Å². The van der Waals surface area contributed by atoms with Crippen LogP contribution in [0, 0.1) is 17.4 Å². The van der Waals surface area contributed by atoms with Crippen molar-refractivity contribution in [3.63, 3.8) is 0 Å². The fraction of sp³-hybridized carbons (Fsp3) is 0.600. The van der Waals surface area contributed by atoms with E-state index < -0.39 is 0 Å². The molecule has 0 aliphatic heterocycles. The lowest BCUT2D eigenvalue weighted by atomic mass is 9.84. The van der Waals surface area contributed by atoms with Crippen LogP contribution in [-0.2, 0) is 0 Å². The lowest BCUT2D eigenvalue weighted by molar-refractivity contribution is 0.240. The second-order valence-electron chi connectivity index (χ2n) is 5.74. The summed E-state index contributed by atoms with van der Waals surface area (Å²) in [6, 6.07) is 10.7. The summed E-state index contributed by atoms with van der Waals surface area (Å²) in [5.41, 5.74) is 0.418. The maximum Gasteiger partial charge on any atom is 0.119 e. The summed E-state index contributed by atoms with van der Waals surface area (Å²) in [4.78, 5) is 0. The molecule has 1 unspecified atom stereocenters. The fourth-order valence-corrected chi connectivity index (χ4v) is 1.99. The molecule has 0 fully saturated rings. The monoisotopic (exact) mass is 219 g/mol. The average molecular weight is 219 g/mol. The molecule has 0 N–H and O–H groups in total. The molecule has 0 aliphatic carbocycles. The standard InChI is InChI=1S/C15H23O/c1-13(12-15(2,3)4)10-11-16-14-8-6-5-7-9-14/h6-9,13H,10-12H2,1-4H3. The Morgan fingerprint density at radius 3 is 2.44 bits per heavy atom. The molecule has 1 aromatic carbocycles. The van der Waals surface area contributed by atoms with Crippen LogP contribution in [-0.4, -0.2) is 6.61 Å². The summed E-state index contributed by atoms with van der Waals surface area (Å²) >= 11 is 0. The van der Waals surface area contributed by atoms with Crippen LogP contribution < -0.4 is 4.74 Å². The van der Waals surface area contributed by atoms with Gasteiger partial charge in [-0.3, -0.25) is 0 Å². The van der Waals surface area contributed by atoms with Crippen molar-refractivity contribution in [2.45, 2.75) is 40.5 Å². The topological polar surface area (TPSA) is 9.23 Å². The van der Waals surface area contributed by atoms with Gasteiger partial charge in [0.2, 0.25) is 0 Å². The Balaban J connectivity index is 2.21. The first-order chi connectivity index (χ1) is 7.47. The van der Waals surface area contributed by atoms with E-state index in [2.05, 4.69) is 33.8 Å². The SMILES string of the molecule is CC(CCOc1cc[c]cc1)CC(C)(C)C. The third-order valence-electron chi connectivity index (χ3n) is 2.53. The maximum atomic E-state index is 5.67. The predicted molar refractivity (Wildman–Crippen MR) is 68.6 cm³/mol. The Bertz CT molecular complexity index is 284. The van der Waals surface area contributed by atoms with Gasteiger partial charge in [0.15, 0.2) is 0 Å². The van der Waals surface area contributed by atoms with Crippen LogP contribution in [0.1, 0.15) is 40.5 Å². The zero-order chi connectivity index (χ0) is 12.0. The number of hydrogen-bond donors (Lipinski definition) is 0. The number of hydrogen-bond acceptors (Lipinski definition) is 1. The summed E-state index contributed by atoms with van der Waals surface area (Å²) in [7, 11) is 0. The molecule has 1 aromatic rings. The average Bonchev–Trinajstić information content (AvgIpc) is 2.16. The highest BCUT2D eigenvalue weighted by atomic mass is 16.5. The minimum atomic E-state index is 0.418. The summed E-state index contributed by atoms with van der Waals surface area (Å²) in [6.45, 7) is 9.97. The van der Waals surface area contributed by atoms with E-state index in [1.807, 2.05) is 24.3 Å². The molecule has 0 saturated heterocycles. The zero-order valence-corrected chi connectivity index (χ0v) is 10.9. The van der Waals surface area contributed by atoms with Crippen molar-refractivity contribution in [2.24, 2.45) is 11.3 Å². The Morgan fingerprint density at radius 2 is 1.88 bits per heavy atom. The molecule has 89 valence electrons. The quantitative estimate of drug-likeness (QED) is 0.716. The zero-order valence-electron chi connectivity index (χ0n) is 10.9. The van der Waals surface area contributed by atoms with Gasteiger partial charge in [-0.15, -0.1) is 0 Å². The largest absolute Gasteiger partial charge is 0.494 e. The van der Waals surface area contributed by atoms with Gasteiger partial charge in [-0.1, -0.05) is 39.8 Å². The number of ether oxygens (including phenoxy) is 1. The second-order valence-corrected chi connectivity index (χ2v) is 5.74. The van der Waals surface area contributed by atoms with Crippen molar-refractivity contribution >= 4 is 0 Å². The minimum absolute atomic E-state index is 0.418. The normalized spacial score (nSPS) is 13.5. The van der Waals surface area contributed by atoms with Crippen LogP contribution in [0.15, 0.2) is 24.3 Å². The van der Waals surface area contributed by atoms with Gasteiger partial charge in [-0.05, 0) is 42.4 Å². The van der Waals surface area contributed by atoms with E-state index in [4.69, 9.17) is 4.74 Å². The highest BCUT2D eigenvalue weighted by molar-refractivity contribution is 5.20. The first-order valence-corrected chi connectivity index (χ1v) is 6.06. The molecule has 1 radical (unpaired) electrons. The highest BCUT2D eigenvalue weighted by Gasteiger charge is 2.14. The van der Waals surface area contributed by atoms with Crippen molar-refractivity contribution in [2.75, 3.05) is 6.61 Å². The van der Waals surface area contributed by atoms with E-state index >= 15 is 0 Å². The third kappa shape index (κ3) is 5.79. The van der Waals surface area contributed by atoms with Gasteiger partial charge in [0.1, 0.15) is 5.75 Å². The van der Waals surface area contributed by atoms with Crippen molar-refractivity contribution in [1.82, 2.24) is 0 Å². The molecule has 1 atom stereocenters. The van der Waals surface area contributed by atoms with Crippen molar-refractivity contribution in [3.8, 4) is 5.75 Å². The van der Waals surface area contributed by atoms with E-state index in [1.54, 1.807) is 0 Å². The van der Waals surface area contributed by atoms with Gasteiger partial charge in [-0.25, -0.2) is 0 Å². The lowest BCUT2D eigenvalue weighted by Gasteiger charge is -2.23. The molecule has 0 aliphatic rings. The van der Waals surface area contributed by atoms with Gasteiger partial charge in [0.05, 0.1) is 6.61 Å². The molecule has 0 spiro atoms. The fourth-order valence-electron chi connectivity index (χ4n) is 1.99. The van der Waals surface area contributed by atoms with Crippen molar-refractivity contribution < 1.29 is 4.74 Å². The molecular weight excluding hydrogens is 196 g/mol. The van der Waals surface area contributed by atoms with Crippen LogP contribution in [0.5, 0.6) is 5.75 Å². The van der Waals surface area contributed by atoms with E-state index in [9.17, 15) is 0 Å². The van der Waals surface area contributed by atoms with Crippen LogP contribution >= 0.6 is 0 Å². The van der Waals surface area contributed by atoms with Crippen molar-refractivity contribution in [3.05, 3.63) is 30.3 Å². The van der Waals surface area contributed by atoms with Gasteiger partial charge < -0.3 is 4.74 Å². The Hall–Kier alpha value is -0.980. The summed E-state index contributed by atoms with van der Waals surface area (Å²) in [5.74, 6) is 1.66. The molecule has 0 saturated carbocycles. The molecule has 0 amide bonds. The van der Waals surface area contributed by atoms with Crippen LogP contribution in [0.2, 0.25) is 0 Å². The maximum absolute atomic E-state index is 5.67. The van der Waals surface area contributed by atoms with E-state index in [-0.39, 0.29) is 0 Å². The van der Waals surface area contributed by atoms with Crippen LogP contribution in [0.4, 0.5) is 0 Å². The summed E-state index contributed by atoms with van der Waals surface area (Å²) < 4.78 is 5.67. The third-order valence-corrected chi connectivity index (χ3v) is 2.53. The minimum Gasteiger partial charge on any atom is -0.494 e. The summed E-state index contributed by atoms with van der Waals surface area (Å²) in [6.07, 6.45) is 2.37. The van der Waals surface area contributed by atoms with Gasteiger partial charge in [-0.2, -0.15) is 0 Å². The van der Waals surface area contributed by atoms with Gasteiger partial charge >= 0.3 is 0 Å². The number of benzene rings is 1. The molecular formula is C15H23O.